The standard InChI is InChI=1S/C17H26O6S2/c1-8(2)18-14(24)25-7-9-10-11(20-15(3,4)19-10)17(9)12-13(23-17)22-16(5,6)21-12/h8-13H,7H2,1-6H3. The molecule has 1 spiro atoms. The molecule has 0 amide bonds. The lowest BCUT2D eigenvalue weighted by Gasteiger charge is -2.64. The van der Waals surface area contributed by atoms with Crippen LogP contribution in [0.4, 0.5) is 0 Å². The van der Waals surface area contributed by atoms with Crippen molar-refractivity contribution in [2.45, 2.75) is 89.4 Å². The van der Waals surface area contributed by atoms with E-state index in [1.54, 1.807) is 0 Å². The first-order valence-corrected chi connectivity index (χ1v) is 10.2. The summed E-state index contributed by atoms with van der Waals surface area (Å²) in [5, 5.41) is 0. The van der Waals surface area contributed by atoms with Gasteiger partial charge in [-0.05, 0) is 53.8 Å². The predicted molar refractivity (Wildman–Crippen MR) is 96.2 cm³/mol. The molecule has 6 nitrogen and oxygen atoms in total. The molecular weight excluding hydrogens is 364 g/mol. The van der Waals surface area contributed by atoms with Gasteiger partial charge in [-0.2, -0.15) is 0 Å². The molecule has 1 saturated carbocycles. The van der Waals surface area contributed by atoms with Crippen LogP contribution in [0.25, 0.3) is 0 Å². The Morgan fingerprint density at radius 2 is 1.64 bits per heavy atom. The van der Waals surface area contributed by atoms with Gasteiger partial charge in [0.15, 0.2) is 17.9 Å². The van der Waals surface area contributed by atoms with Gasteiger partial charge in [-0.1, -0.05) is 11.8 Å². The van der Waals surface area contributed by atoms with Crippen LogP contribution in [0.15, 0.2) is 0 Å². The average Bonchev–Trinajstić information content (AvgIpc) is 2.86. The van der Waals surface area contributed by atoms with Gasteiger partial charge in [0.1, 0.15) is 17.8 Å². The second kappa shape index (κ2) is 5.77. The summed E-state index contributed by atoms with van der Waals surface area (Å²) < 4.78 is 36.5. The van der Waals surface area contributed by atoms with Crippen molar-refractivity contribution in [2.24, 2.45) is 5.92 Å². The molecule has 4 fully saturated rings. The zero-order chi connectivity index (χ0) is 18.2. The lowest BCUT2D eigenvalue weighted by atomic mass is 9.59. The fraction of sp³-hybridized carbons (Fsp3) is 0.941. The maximum absolute atomic E-state index is 6.21. The first-order chi connectivity index (χ1) is 11.5. The van der Waals surface area contributed by atoms with Crippen LogP contribution in [0, 0.1) is 5.92 Å². The summed E-state index contributed by atoms with van der Waals surface area (Å²) in [6, 6.07) is 0. The van der Waals surface area contributed by atoms with E-state index in [4.69, 9.17) is 40.6 Å². The highest BCUT2D eigenvalue weighted by Crippen LogP contribution is 2.63. The monoisotopic (exact) mass is 390 g/mol. The number of hydrogen-bond acceptors (Lipinski definition) is 8. The molecule has 0 N–H and O–H groups in total. The summed E-state index contributed by atoms with van der Waals surface area (Å²) in [7, 11) is 0. The van der Waals surface area contributed by atoms with Gasteiger partial charge in [-0.25, -0.2) is 0 Å². The molecule has 142 valence electrons. The third-order valence-corrected chi connectivity index (χ3v) is 6.39. The summed E-state index contributed by atoms with van der Waals surface area (Å²) in [5.41, 5.74) is -0.530. The van der Waals surface area contributed by atoms with Gasteiger partial charge in [0.25, 0.3) is 0 Å². The molecule has 6 unspecified atom stereocenters. The van der Waals surface area contributed by atoms with Crippen molar-refractivity contribution in [2.75, 3.05) is 5.75 Å². The van der Waals surface area contributed by atoms with Gasteiger partial charge < -0.3 is 28.4 Å². The van der Waals surface area contributed by atoms with Crippen LogP contribution >= 0.6 is 24.0 Å². The van der Waals surface area contributed by atoms with E-state index in [-0.39, 0.29) is 36.6 Å². The largest absolute Gasteiger partial charge is 0.476 e. The van der Waals surface area contributed by atoms with E-state index in [2.05, 4.69) is 0 Å². The van der Waals surface area contributed by atoms with Crippen molar-refractivity contribution in [1.29, 1.82) is 0 Å². The van der Waals surface area contributed by atoms with E-state index < -0.39 is 17.2 Å². The van der Waals surface area contributed by atoms with Crippen LogP contribution in [-0.2, 0) is 28.4 Å². The smallest absolute Gasteiger partial charge is 0.220 e. The van der Waals surface area contributed by atoms with E-state index in [9.17, 15) is 0 Å². The van der Waals surface area contributed by atoms with Gasteiger partial charge in [0.2, 0.25) is 4.38 Å². The van der Waals surface area contributed by atoms with Gasteiger partial charge >= 0.3 is 0 Å². The quantitative estimate of drug-likeness (QED) is 0.682. The van der Waals surface area contributed by atoms with Gasteiger partial charge in [0, 0.05) is 11.7 Å². The minimum atomic E-state index is -0.646. The van der Waals surface area contributed by atoms with Gasteiger partial charge in [-0.3, -0.25) is 0 Å². The minimum absolute atomic E-state index is 0.0300. The first kappa shape index (κ1) is 18.4. The minimum Gasteiger partial charge on any atom is -0.476 e. The molecule has 3 aliphatic heterocycles. The number of hydrogen-bond donors (Lipinski definition) is 0. The summed E-state index contributed by atoms with van der Waals surface area (Å²) in [6.07, 6.45) is -0.588. The molecule has 0 aromatic carbocycles. The maximum Gasteiger partial charge on any atom is 0.220 e. The number of ether oxygens (including phenoxy) is 6. The summed E-state index contributed by atoms with van der Waals surface area (Å²) in [4.78, 5) is 0. The van der Waals surface area contributed by atoms with E-state index in [0.717, 1.165) is 5.75 Å². The summed E-state index contributed by atoms with van der Waals surface area (Å²) in [6.45, 7) is 11.6. The number of thioether (sulfide) groups is 1. The molecule has 6 atom stereocenters. The fourth-order valence-corrected chi connectivity index (χ4v) is 5.66. The van der Waals surface area contributed by atoms with E-state index >= 15 is 0 Å². The Labute approximate surface area is 158 Å². The highest BCUT2D eigenvalue weighted by Gasteiger charge is 2.81. The molecule has 25 heavy (non-hydrogen) atoms. The van der Waals surface area contributed by atoms with E-state index in [1.165, 1.54) is 11.8 Å². The zero-order valence-electron chi connectivity index (χ0n) is 15.4. The molecule has 0 aromatic heterocycles. The summed E-state index contributed by atoms with van der Waals surface area (Å²) in [5.74, 6) is -0.428. The van der Waals surface area contributed by atoms with Gasteiger partial charge in [0.05, 0.1) is 12.2 Å². The maximum atomic E-state index is 6.21. The van der Waals surface area contributed by atoms with Crippen LogP contribution in [-0.4, -0.2) is 58.0 Å². The van der Waals surface area contributed by atoms with Gasteiger partial charge in [-0.15, -0.1) is 0 Å². The number of thiocarbonyl (C=S) groups is 1. The Hall–Kier alpha value is 0.0400. The first-order valence-electron chi connectivity index (χ1n) is 8.76. The molecule has 4 aliphatic rings. The Bertz CT molecular complexity index is 573. The molecule has 3 saturated heterocycles. The van der Waals surface area contributed by atoms with Crippen molar-refractivity contribution in [3.05, 3.63) is 0 Å². The van der Waals surface area contributed by atoms with Crippen LogP contribution < -0.4 is 0 Å². The molecule has 4 rings (SSSR count). The topological polar surface area (TPSA) is 55.4 Å². The highest BCUT2D eigenvalue weighted by atomic mass is 32.2. The average molecular weight is 391 g/mol. The second-order valence-electron chi connectivity index (χ2n) is 8.25. The second-order valence-corrected chi connectivity index (χ2v) is 9.87. The molecule has 8 heteroatoms. The highest BCUT2D eigenvalue weighted by molar-refractivity contribution is 8.22. The van der Waals surface area contributed by atoms with Crippen molar-refractivity contribution < 1.29 is 28.4 Å². The van der Waals surface area contributed by atoms with E-state index in [1.807, 2.05) is 41.5 Å². The third-order valence-electron chi connectivity index (χ3n) is 5.09. The Balaban J connectivity index is 1.50. The molecule has 3 heterocycles. The Kier molecular flexibility index (Phi) is 4.25. The van der Waals surface area contributed by atoms with Crippen LogP contribution in [0.5, 0.6) is 0 Å². The fourth-order valence-electron chi connectivity index (χ4n) is 4.24. The molecule has 0 aromatic rings. The van der Waals surface area contributed by atoms with Crippen molar-refractivity contribution in [3.8, 4) is 0 Å². The van der Waals surface area contributed by atoms with Crippen molar-refractivity contribution >= 4 is 28.4 Å². The number of rotatable bonds is 3. The van der Waals surface area contributed by atoms with Crippen molar-refractivity contribution in [1.82, 2.24) is 0 Å². The lowest BCUT2D eigenvalue weighted by Crippen LogP contribution is -2.83. The Morgan fingerprint density at radius 3 is 2.28 bits per heavy atom. The summed E-state index contributed by atoms with van der Waals surface area (Å²) >= 11 is 6.84. The molecule has 0 radical (unpaired) electrons. The number of fused-ring (bicyclic) bond motifs is 4. The predicted octanol–water partition coefficient (Wildman–Crippen LogP) is 2.83. The van der Waals surface area contributed by atoms with Crippen LogP contribution in [0.1, 0.15) is 41.5 Å². The van der Waals surface area contributed by atoms with Crippen LogP contribution in [0.2, 0.25) is 0 Å². The van der Waals surface area contributed by atoms with Crippen molar-refractivity contribution in [3.63, 3.8) is 0 Å². The molecule has 0 bridgehead atoms. The SMILES string of the molecule is CC(C)OC(=S)SCC1C2OC(C)(C)OC2C12OC1OC(C)(C)OC12. The molecular formula is C17H26O6S2. The normalized spacial score (nSPS) is 45.6. The lowest BCUT2D eigenvalue weighted by molar-refractivity contribution is -0.400. The molecule has 1 aliphatic carbocycles. The van der Waals surface area contributed by atoms with E-state index in [0.29, 0.717) is 4.38 Å². The zero-order valence-corrected chi connectivity index (χ0v) is 17.1. The Morgan fingerprint density at radius 1 is 1.00 bits per heavy atom. The third kappa shape index (κ3) is 2.85. The van der Waals surface area contributed by atoms with Crippen LogP contribution in [0.3, 0.4) is 0 Å².